The third-order valence-electron chi connectivity index (χ3n) is 4.54. The minimum atomic E-state index is -3.64. The molecule has 5 nitrogen and oxygen atoms in total. The van der Waals surface area contributed by atoms with Gasteiger partial charge < -0.3 is 4.42 Å². The Morgan fingerprint density at radius 3 is 2.54 bits per heavy atom. The van der Waals surface area contributed by atoms with Crippen molar-refractivity contribution in [3.05, 3.63) is 66.2 Å². The largest absolute Gasteiger partial charge is 0.440 e. The number of nitrogens with one attached hydrogen (secondary N) is 1. The predicted octanol–water partition coefficient (Wildman–Crippen LogP) is 4.58. The summed E-state index contributed by atoms with van der Waals surface area (Å²) in [5, 5.41) is 0. The molecular weight excluding hydrogens is 348 g/mol. The van der Waals surface area contributed by atoms with Crippen LogP contribution < -0.4 is 4.72 Å². The molecule has 0 unspecified atom stereocenters. The highest BCUT2D eigenvalue weighted by Crippen LogP contribution is 2.40. The van der Waals surface area contributed by atoms with Gasteiger partial charge >= 0.3 is 0 Å². The molecule has 0 saturated heterocycles. The fraction of sp³-hybridized carbons (Fsp3) is 0.250. The number of para-hydroxylation sites is 1. The molecule has 0 amide bonds. The maximum atomic E-state index is 12.7. The lowest BCUT2D eigenvalue weighted by Gasteiger charge is -2.11. The number of aryl methyl sites for hydroxylation is 1. The van der Waals surface area contributed by atoms with Crippen molar-refractivity contribution in [1.29, 1.82) is 0 Å². The highest BCUT2D eigenvalue weighted by atomic mass is 32.2. The van der Waals surface area contributed by atoms with Gasteiger partial charge in [0.25, 0.3) is 10.0 Å². The van der Waals surface area contributed by atoms with Gasteiger partial charge in [0.1, 0.15) is 0 Å². The van der Waals surface area contributed by atoms with Crippen molar-refractivity contribution in [2.24, 2.45) is 0 Å². The van der Waals surface area contributed by atoms with Gasteiger partial charge in [-0.25, -0.2) is 13.4 Å². The van der Waals surface area contributed by atoms with Crippen molar-refractivity contribution >= 4 is 15.7 Å². The molecule has 2 aromatic carbocycles. The van der Waals surface area contributed by atoms with Crippen molar-refractivity contribution < 1.29 is 12.8 Å². The molecule has 3 aromatic rings. The van der Waals surface area contributed by atoms with Crippen LogP contribution >= 0.6 is 0 Å². The van der Waals surface area contributed by atoms with Crippen LogP contribution in [0.5, 0.6) is 0 Å². The normalized spacial score (nSPS) is 14.3. The first-order valence-electron chi connectivity index (χ1n) is 8.73. The molecular formula is C20H20N2O3S. The number of oxazole rings is 1. The summed E-state index contributed by atoms with van der Waals surface area (Å²) in [7, 11) is -3.64. The van der Waals surface area contributed by atoms with Crippen LogP contribution in [0, 0.1) is 0 Å². The van der Waals surface area contributed by atoms with Crippen LogP contribution in [0.1, 0.15) is 37.1 Å². The lowest BCUT2D eigenvalue weighted by atomic mass is 10.1. The highest BCUT2D eigenvalue weighted by molar-refractivity contribution is 7.92. The molecule has 1 fully saturated rings. The van der Waals surface area contributed by atoms with Crippen LogP contribution in [0.25, 0.3) is 11.3 Å². The second-order valence-corrected chi connectivity index (χ2v) is 8.16. The van der Waals surface area contributed by atoms with E-state index in [-0.39, 0.29) is 4.90 Å². The maximum absolute atomic E-state index is 12.7. The van der Waals surface area contributed by atoms with Gasteiger partial charge in [-0.2, -0.15) is 0 Å². The number of hydrogen-bond donors (Lipinski definition) is 1. The van der Waals surface area contributed by atoms with E-state index in [4.69, 9.17) is 4.42 Å². The van der Waals surface area contributed by atoms with Crippen molar-refractivity contribution in [2.75, 3.05) is 4.72 Å². The SMILES string of the molecule is CCc1ccccc1NS(=O)(=O)c1ccc(-c2cnc(C3CC3)o2)cc1. The van der Waals surface area contributed by atoms with Crippen molar-refractivity contribution in [2.45, 2.75) is 37.0 Å². The molecule has 6 heteroatoms. The van der Waals surface area contributed by atoms with Gasteiger partial charge in [0.15, 0.2) is 11.7 Å². The Hall–Kier alpha value is -2.60. The molecule has 1 aliphatic carbocycles. The van der Waals surface area contributed by atoms with Crippen LogP contribution in [-0.4, -0.2) is 13.4 Å². The second kappa shape index (κ2) is 6.61. The van der Waals surface area contributed by atoms with Crippen molar-refractivity contribution in [1.82, 2.24) is 4.98 Å². The quantitative estimate of drug-likeness (QED) is 0.691. The molecule has 1 aromatic heterocycles. The average Bonchev–Trinajstić information content (AvgIpc) is 3.39. The fourth-order valence-electron chi connectivity index (χ4n) is 2.87. The molecule has 4 rings (SSSR count). The number of rotatable bonds is 6. The summed E-state index contributed by atoms with van der Waals surface area (Å²) in [4.78, 5) is 4.52. The van der Waals surface area contributed by atoms with Crippen LogP contribution in [0.2, 0.25) is 0 Å². The standard InChI is InChI=1S/C20H20N2O3S/c1-2-14-5-3-4-6-18(14)22-26(23,24)17-11-9-15(10-12-17)19-13-21-20(25-19)16-7-8-16/h3-6,9-13,16,22H,2,7-8H2,1H3. The number of benzene rings is 2. The summed E-state index contributed by atoms with van der Waals surface area (Å²) in [6, 6.07) is 14.1. The van der Waals surface area contributed by atoms with Gasteiger partial charge in [-0.15, -0.1) is 0 Å². The topological polar surface area (TPSA) is 72.2 Å². The Bertz CT molecular complexity index is 1020. The van der Waals surface area contributed by atoms with E-state index in [1.165, 1.54) is 0 Å². The minimum absolute atomic E-state index is 0.217. The zero-order valence-electron chi connectivity index (χ0n) is 14.5. The number of nitrogens with zero attached hydrogens (tertiary/aromatic N) is 1. The van der Waals surface area contributed by atoms with E-state index in [0.29, 0.717) is 17.4 Å². The lowest BCUT2D eigenvalue weighted by molar-refractivity contribution is 0.509. The third-order valence-corrected chi connectivity index (χ3v) is 5.92. The Morgan fingerprint density at radius 2 is 1.85 bits per heavy atom. The zero-order chi connectivity index (χ0) is 18.1. The summed E-state index contributed by atoms with van der Waals surface area (Å²) in [5.41, 5.74) is 2.39. The van der Waals surface area contributed by atoms with Crippen molar-refractivity contribution in [3.63, 3.8) is 0 Å². The van der Waals surface area contributed by atoms with Crippen LogP contribution in [0.3, 0.4) is 0 Å². The summed E-state index contributed by atoms with van der Waals surface area (Å²) in [5.74, 6) is 1.89. The first kappa shape index (κ1) is 16.8. The summed E-state index contributed by atoms with van der Waals surface area (Å²) in [6.45, 7) is 2.00. The predicted molar refractivity (Wildman–Crippen MR) is 101 cm³/mol. The molecule has 0 radical (unpaired) electrons. The molecule has 0 spiro atoms. The van der Waals surface area contributed by atoms with Gasteiger partial charge in [-0.1, -0.05) is 25.1 Å². The summed E-state index contributed by atoms with van der Waals surface area (Å²) >= 11 is 0. The lowest BCUT2D eigenvalue weighted by Crippen LogP contribution is -2.14. The average molecular weight is 368 g/mol. The number of hydrogen-bond acceptors (Lipinski definition) is 4. The number of sulfonamides is 1. The second-order valence-electron chi connectivity index (χ2n) is 6.48. The highest BCUT2D eigenvalue weighted by Gasteiger charge is 2.28. The molecule has 0 atom stereocenters. The minimum Gasteiger partial charge on any atom is -0.440 e. The molecule has 1 aliphatic rings. The molecule has 26 heavy (non-hydrogen) atoms. The Kier molecular flexibility index (Phi) is 4.28. The van der Waals surface area contributed by atoms with Gasteiger partial charge in [-0.05, 0) is 55.2 Å². The van der Waals surface area contributed by atoms with Crippen molar-refractivity contribution in [3.8, 4) is 11.3 Å². The Labute approximate surface area is 153 Å². The third kappa shape index (κ3) is 3.37. The maximum Gasteiger partial charge on any atom is 0.261 e. The molecule has 0 bridgehead atoms. The summed E-state index contributed by atoms with van der Waals surface area (Å²) < 4.78 is 33.8. The van der Waals surface area contributed by atoms with Gasteiger partial charge in [0.05, 0.1) is 16.8 Å². The Morgan fingerprint density at radius 1 is 1.12 bits per heavy atom. The van der Waals surface area contributed by atoms with E-state index in [1.807, 2.05) is 25.1 Å². The van der Waals surface area contributed by atoms with E-state index >= 15 is 0 Å². The van der Waals surface area contributed by atoms with Gasteiger partial charge in [0, 0.05) is 11.5 Å². The van der Waals surface area contributed by atoms with Crippen LogP contribution in [-0.2, 0) is 16.4 Å². The monoisotopic (exact) mass is 368 g/mol. The van der Waals surface area contributed by atoms with E-state index in [9.17, 15) is 8.42 Å². The van der Waals surface area contributed by atoms with E-state index in [0.717, 1.165) is 36.3 Å². The number of anilines is 1. The smallest absolute Gasteiger partial charge is 0.261 e. The molecule has 1 N–H and O–H groups in total. The first-order valence-corrected chi connectivity index (χ1v) is 10.2. The fourth-order valence-corrected chi connectivity index (χ4v) is 3.97. The zero-order valence-corrected chi connectivity index (χ0v) is 15.3. The van der Waals surface area contributed by atoms with E-state index in [2.05, 4.69) is 9.71 Å². The number of aromatic nitrogens is 1. The molecule has 134 valence electrons. The molecule has 0 aliphatic heterocycles. The van der Waals surface area contributed by atoms with E-state index < -0.39 is 10.0 Å². The van der Waals surface area contributed by atoms with Gasteiger partial charge in [-0.3, -0.25) is 4.72 Å². The van der Waals surface area contributed by atoms with Crippen LogP contribution in [0.15, 0.2) is 64.0 Å². The van der Waals surface area contributed by atoms with Crippen LogP contribution in [0.4, 0.5) is 5.69 Å². The first-order chi connectivity index (χ1) is 12.6. The van der Waals surface area contributed by atoms with Gasteiger partial charge in [0.2, 0.25) is 0 Å². The van der Waals surface area contributed by atoms with E-state index in [1.54, 1.807) is 36.5 Å². The summed E-state index contributed by atoms with van der Waals surface area (Å²) in [6.07, 6.45) is 4.71. The molecule has 1 saturated carbocycles. The molecule has 1 heterocycles. The Balaban J connectivity index is 1.56.